The molecule has 58 valence electrons. The van der Waals surface area contributed by atoms with Gasteiger partial charge in [-0.15, -0.1) is 11.6 Å². The highest BCUT2D eigenvalue weighted by Gasteiger charge is 2.08. The third kappa shape index (κ3) is 1.95. The van der Waals surface area contributed by atoms with Crippen molar-refractivity contribution in [1.82, 2.24) is 4.98 Å². The minimum absolute atomic E-state index is 0.234. The fraction of sp³-hybridized carbons (Fsp3) is 0.429. The van der Waals surface area contributed by atoms with Gasteiger partial charge in [-0.25, -0.2) is 4.98 Å². The summed E-state index contributed by atoms with van der Waals surface area (Å²) in [6, 6.07) is 1.96. The molecule has 0 saturated heterocycles. The van der Waals surface area contributed by atoms with Gasteiger partial charge in [0.05, 0.1) is 18.7 Å². The minimum atomic E-state index is -0.234. The monoisotopic (exact) mass is 170 g/mol. The predicted molar refractivity (Wildman–Crippen MR) is 40.1 cm³/mol. The zero-order valence-electron chi connectivity index (χ0n) is 6.04. The summed E-state index contributed by atoms with van der Waals surface area (Å²) in [5, 5.41) is 8.06. The molecule has 0 spiro atoms. The fourth-order valence-electron chi connectivity index (χ4n) is 0.666. The third-order valence-corrected chi connectivity index (χ3v) is 1.35. The lowest BCUT2D eigenvalue weighted by molar-refractivity contribution is 0.465. The van der Waals surface area contributed by atoms with Gasteiger partial charge in [0.15, 0.2) is 0 Å². The molecule has 0 aliphatic rings. The van der Waals surface area contributed by atoms with E-state index in [-0.39, 0.29) is 11.8 Å². The number of halogens is 1. The molecule has 0 saturated carbocycles. The molecule has 0 N–H and O–H groups in total. The van der Waals surface area contributed by atoms with Crippen molar-refractivity contribution in [3.63, 3.8) is 0 Å². The van der Waals surface area contributed by atoms with Crippen LogP contribution in [0.25, 0.3) is 0 Å². The minimum Gasteiger partial charge on any atom is -0.443 e. The van der Waals surface area contributed by atoms with Crippen LogP contribution in [0.5, 0.6) is 0 Å². The molecule has 4 heteroatoms. The lowest BCUT2D eigenvalue weighted by Crippen LogP contribution is -1.81. The first-order valence-corrected chi connectivity index (χ1v) is 3.63. The van der Waals surface area contributed by atoms with Crippen molar-refractivity contribution < 1.29 is 4.42 Å². The Kier molecular flexibility index (Phi) is 2.50. The first-order chi connectivity index (χ1) is 5.24. The number of alkyl halides is 1. The van der Waals surface area contributed by atoms with E-state index >= 15 is 0 Å². The molecule has 1 unspecified atom stereocenters. The van der Waals surface area contributed by atoms with Crippen molar-refractivity contribution in [1.29, 1.82) is 5.26 Å². The molecule has 0 aromatic carbocycles. The molecule has 0 fully saturated rings. The van der Waals surface area contributed by atoms with Crippen LogP contribution in [0.15, 0.2) is 10.6 Å². The van der Waals surface area contributed by atoms with Crippen molar-refractivity contribution in [2.45, 2.75) is 18.7 Å². The van der Waals surface area contributed by atoms with Crippen LogP contribution in [-0.2, 0) is 6.42 Å². The lowest BCUT2D eigenvalue weighted by atomic mass is 10.4. The Morgan fingerprint density at radius 2 is 2.64 bits per heavy atom. The van der Waals surface area contributed by atoms with E-state index in [2.05, 4.69) is 4.98 Å². The van der Waals surface area contributed by atoms with Gasteiger partial charge in [0.25, 0.3) is 0 Å². The average molecular weight is 171 g/mol. The highest BCUT2D eigenvalue weighted by Crippen LogP contribution is 2.18. The molecular weight excluding hydrogens is 164 g/mol. The van der Waals surface area contributed by atoms with E-state index in [0.29, 0.717) is 11.7 Å². The molecule has 1 aromatic rings. The Hall–Kier alpha value is -1.01. The maximum atomic E-state index is 8.30. The van der Waals surface area contributed by atoms with E-state index in [1.54, 1.807) is 6.92 Å². The largest absolute Gasteiger partial charge is 0.443 e. The molecule has 11 heavy (non-hydrogen) atoms. The molecule has 1 aromatic heterocycles. The molecule has 0 aliphatic heterocycles. The second kappa shape index (κ2) is 3.40. The van der Waals surface area contributed by atoms with E-state index in [1.807, 2.05) is 6.07 Å². The topological polar surface area (TPSA) is 49.8 Å². The van der Waals surface area contributed by atoms with E-state index in [9.17, 15) is 0 Å². The maximum absolute atomic E-state index is 8.30. The number of oxazole rings is 1. The summed E-state index contributed by atoms with van der Waals surface area (Å²) < 4.78 is 5.12. The van der Waals surface area contributed by atoms with Gasteiger partial charge in [-0.3, -0.25) is 0 Å². The zero-order chi connectivity index (χ0) is 8.27. The third-order valence-electron chi connectivity index (χ3n) is 1.17. The average Bonchev–Trinajstić information content (AvgIpc) is 2.37. The Morgan fingerprint density at radius 1 is 1.91 bits per heavy atom. The molecule has 0 bridgehead atoms. The maximum Gasteiger partial charge on any atom is 0.212 e. The van der Waals surface area contributed by atoms with Crippen LogP contribution in [0.4, 0.5) is 0 Å². The number of nitrogens with zero attached hydrogens (tertiary/aromatic N) is 2. The Bertz CT molecular complexity index is 274. The van der Waals surface area contributed by atoms with E-state index in [4.69, 9.17) is 21.3 Å². The van der Waals surface area contributed by atoms with Crippen molar-refractivity contribution in [2.24, 2.45) is 0 Å². The zero-order valence-corrected chi connectivity index (χ0v) is 6.80. The number of nitriles is 1. The summed E-state index contributed by atoms with van der Waals surface area (Å²) in [5.74, 6) is 1.03. The van der Waals surface area contributed by atoms with Crippen LogP contribution in [0.2, 0.25) is 0 Å². The quantitative estimate of drug-likeness (QED) is 0.639. The summed E-state index contributed by atoms with van der Waals surface area (Å²) in [5.41, 5.74) is 0. The van der Waals surface area contributed by atoms with Crippen LogP contribution in [0, 0.1) is 11.3 Å². The van der Waals surface area contributed by atoms with Gasteiger partial charge < -0.3 is 4.42 Å². The molecule has 3 nitrogen and oxygen atoms in total. The van der Waals surface area contributed by atoms with Gasteiger partial charge in [-0.1, -0.05) is 0 Å². The Balaban J connectivity index is 2.75. The van der Waals surface area contributed by atoms with Gasteiger partial charge >= 0.3 is 0 Å². The van der Waals surface area contributed by atoms with Gasteiger partial charge in [0.1, 0.15) is 11.1 Å². The summed E-state index contributed by atoms with van der Waals surface area (Å²) in [6.07, 6.45) is 1.77. The van der Waals surface area contributed by atoms with Crippen LogP contribution in [0.3, 0.4) is 0 Å². The van der Waals surface area contributed by atoms with Gasteiger partial charge in [0.2, 0.25) is 5.89 Å². The highest BCUT2D eigenvalue weighted by molar-refractivity contribution is 6.20. The number of aromatic nitrogens is 1. The second-order valence-electron chi connectivity index (χ2n) is 2.12. The van der Waals surface area contributed by atoms with Crippen LogP contribution < -0.4 is 0 Å². The van der Waals surface area contributed by atoms with Crippen LogP contribution in [-0.4, -0.2) is 4.98 Å². The molecule has 0 amide bonds. The van der Waals surface area contributed by atoms with E-state index < -0.39 is 0 Å². The van der Waals surface area contributed by atoms with Crippen molar-refractivity contribution in [3.05, 3.63) is 17.8 Å². The van der Waals surface area contributed by atoms with Gasteiger partial charge in [-0.2, -0.15) is 5.26 Å². The van der Waals surface area contributed by atoms with E-state index in [0.717, 1.165) is 0 Å². The summed E-state index contributed by atoms with van der Waals surface area (Å²) in [6.45, 7) is 1.77. The molecule has 0 radical (unpaired) electrons. The standard InChI is InChI=1S/C7H7ClN2O/c1-5(8)7-10-4-6(11-7)2-3-9/h4-5H,2H2,1H3. The molecular formula is C7H7ClN2O. The number of hydrogen-bond acceptors (Lipinski definition) is 3. The van der Waals surface area contributed by atoms with E-state index in [1.165, 1.54) is 6.20 Å². The fourth-order valence-corrected chi connectivity index (χ4v) is 0.767. The second-order valence-corrected chi connectivity index (χ2v) is 2.77. The van der Waals surface area contributed by atoms with Gasteiger partial charge in [0, 0.05) is 0 Å². The Labute approximate surface area is 69.6 Å². The molecule has 1 atom stereocenters. The number of hydrogen-bond donors (Lipinski definition) is 0. The predicted octanol–water partition coefficient (Wildman–Crippen LogP) is 2.04. The summed E-state index contributed by atoms with van der Waals surface area (Å²) in [7, 11) is 0. The lowest BCUT2D eigenvalue weighted by Gasteiger charge is -1.92. The highest BCUT2D eigenvalue weighted by atomic mass is 35.5. The van der Waals surface area contributed by atoms with Crippen LogP contribution >= 0.6 is 11.6 Å². The number of rotatable bonds is 2. The molecule has 1 heterocycles. The van der Waals surface area contributed by atoms with Crippen molar-refractivity contribution >= 4 is 11.6 Å². The smallest absolute Gasteiger partial charge is 0.212 e. The van der Waals surface area contributed by atoms with Gasteiger partial charge in [-0.05, 0) is 6.92 Å². The normalized spacial score (nSPS) is 12.5. The molecule has 0 aliphatic carbocycles. The molecule has 1 rings (SSSR count). The first-order valence-electron chi connectivity index (χ1n) is 3.19. The Morgan fingerprint density at radius 3 is 3.09 bits per heavy atom. The summed E-state index contributed by atoms with van der Waals surface area (Å²) >= 11 is 5.68. The van der Waals surface area contributed by atoms with Crippen molar-refractivity contribution in [2.75, 3.05) is 0 Å². The summed E-state index contributed by atoms with van der Waals surface area (Å²) in [4.78, 5) is 3.88. The first kappa shape index (κ1) is 8.09. The van der Waals surface area contributed by atoms with Crippen molar-refractivity contribution in [3.8, 4) is 6.07 Å². The van der Waals surface area contributed by atoms with Crippen LogP contribution in [0.1, 0.15) is 24.0 Å². The SMILES string of the molecule is CC(Cl)c1ncc(CC#N)o1.